The number of hydrogen-bond acceptors (Lipinski definition) is 4. The Morgan fingerprint density at radius 3 is 2.69 bits per heavy atom. The Kier molecular flexibility index (Phi) is 2.94. The molecule has 7 heteroatoms. The SMILES string of the molecule is CSc1nc(Cl)c(C(=O)O)c(=O)[nH]1. The zero-order valence-corrected chi connectivity index (χ0v) is 8.07. The second-order valence-corrected chi connectivity index (χ2v) is 3.20. The van der Waals surface area contributed by atoms with Gasteiger partial charge in [0.05, 0.1) is 0 Å². The number of aromatic amines is 1. The van der Waals surface area contributed by atoms with Crippen molar-refractivity contribution in [3.05, 3.63) is 21.1 Å². The molecule has 0 spiro atoms. The number of carboxylic acids is 1. The minimum Gasteiger partial charge on any atom is -0.477 e. The maximum atomic E-state index is 11.1. The summed E-state index contributed by atoms with van der Waals surface area (Å²) in [6, 6.07) is 0. The smallest absolute Gasteiger partial charge is 0.344 e. The molecule has 0 aliphatic carbocycles. The van der Waals surface area contributed by atoms with Crippen molar-refractivity contribution in [2.75, 3.05) is 6.26 Å². The van der Waals surface area contributed by atoms with E-state index in [1.807, 2.05) is 0 Å². The zero-order valence-electron chi connectivity index (χ0n) is 6.50. The molecule has 0 unspecified atom stereocenters. The summed E-state index contributed by atoms with van der Waals surface area (Å²) in [6.07, 6.45) is 1.69. The predicted molar refractivity (Wildman–Crippen MR) is 48.6 cm³/mol. The number of aromatic carboxylic acids is 1. The van der Waals surface area contributed by atoms with Crippen LogP contribution in [0.3, 0.4) is 0 Å². The molecule has 0 saturated carbocycles. The van der Waals surface area contributed by atoms with Gasteiger partial charge in [-0.2, -0.15) is 0 Å². The van der Waals surface area contributed by atoms with Crippen LogP contribution in [0.5, 0.6) is 0 Å². The van der Waals surface area contributed by atoms with Crippen LogP contribution in [0.4, 0.5) is 0 Å². The van der Waals surface area contributed by atoms with Crippen LogP contribution >= 0.6 is 23.4 Å². The Morgan fingerprint density at radius 2 is 2.31 bits per heavy atom. The van der Waals surface area contributed by atoms with Crippen LogP contribution in [0.15, 0.2) is 9.95 Å². The van der Waals surface area contributed by atoms with Crippen LogP contribution in [0.2, 0.25) is 5.15 Å². The number of halogens is 1. The number of H-pyrrole nitrogens is 1. The van der Waals surface area contributed by atoms with Gasteiger partial charge in [-0.1, -0.05) is 23.4 Å². The molecule has 5 nitrogen and oxygen atoms in total. The average Bonchev–Trinajstić information content (AvgIpc) is 2.02. The van der Waals surface area contributed by atoms with E-state index in [-0.39, 0.29) is 5.15 Å². The van der Waals surface area contributed by atoms with Crippen LogP contribution in [-0.2, 0) is 0 Å². The lowest BCUT2D eigenvalue weighted by Crippen LogP contribution is -2.19. The summed E-state index contributed by atoms with van der Waals surface area (Å²) in [5.41, 5.74) is -1.27. The minimum atomic E-state index is -1.38. The van der Waals surface area contributed by atoms with Gasteiger partial charge in [-0.15, -0.1) is 0 Å². The van der Waals surface area contributed by atoms with Gasteiger partial charge in [0.2, 0.25) is 0 Å². The third kappa shape index (κ3) is 2.02. The van der Waals surface area contributed by atoms with E-state index in [1.54, 1.807) is 6.26 Å². The molecule has 0 amide bonds. The number of aromatic nitrogens is 2. The van der Waals surface area contributed by atoms with Gasteiger partial charge in [0.1, 0.15) is 0 Å². The quantitative estimate of drug-likeness (QED) is 0.439. The summed E-state index contributed by atoms with van der Waals surface area (Å²) >= 11 is 6.66. The molecule has 0 bridgehead atoms. The lowest BCUT2D eigenvalue weighted by atomic mass is 10.3. The Labute approximate surface area is 82.1 Å². The highest BCUT2D eigenvalue weighted by molar-refractivity contribution is 7.98. The topological polar surface area (TPSA) is 83.0 Å². The first-order valence-corrected chi connectivity index (χ1v) is 4.73. The highest BCUT2D eigenvalue weighted by Gasteiger charge is 2.15. The Morgan fingerprint density at radius 1 is 1.69 bits per heavy atom. The van der Waals surface area contributed by atoms with E-state index in [4.69, 9.17) is 16.7 Å². The first-order valence-electron chi connectivity index (χ1n) is 3.13. The van der Waals surface area contributed by atoms with Gasteiger partial charge in [0.15, 0.2) is 15.9 Å². The second kappa shape index (κ2) is 3.80. The van der Waals surface area contributed by atoms with Gasteiger partial charge < -0.3 is 10.1 Å². The van der Waals surface area contributed by atoms with Gasteiger partial charge in [-0.05, 0) is 6.26 Å². The molecule has 0 aromatic carbocycles. The van der Waals surface area contributed by atoms with E-state index in [0.29, 0.717) is 5.16 Å². The first-order chi connectivity index (χ1) is 6.06. The molecule has 13 heavy (non-hydrogen) atoms. The van der Waals surface area contributed by atoms with E-state index in [2.05, 4.69) is 9.97 Å². The van der Waals surface area contributed by atoms with Crippen molar-refractivity contribution in [3.63, 3.8) is 0 Å². The summed E-state index contributed by atoms with van der Waals surface area (Å²) in [5.74, 6) is -1.38. The van der Waals surface area contributed by atoms with Crippen molar-refractivity contribution in [1.29, 1.82) is 0 Å². The van der Waals surface area contributed by atoms with Crippen LogP contribution in [-0.4, -0.2) is 27.3 Å². The molecular formula is C6H5ClN2O3S. The predicted octanol–water partition coefficient (Wildman–Crippen LogP) is 0.843. The molecule has 0 saturated heterocycles. The van der Waals surface area contributed by atoms with E-state index in [9.17, 15) is 9.59 Å². The number of nitrogens with zero attached hydrogens (tertiary/aromatic N) is 1. The molecule has 1 aromatic heterocycles. The molecule has 0 radical (unpaired) electrons. The molecule has 0 atom stereocenters. The number of carbonyl (C=O) groups is 1. The lowest BCUT2D eigenvalue weighted by molar-refractivity contribution is 0.0694. The maximum absolute atomic E-state index is 11.1. The Balaban J connectivity index is 3.40. The number of hydrogen-bond donors (Lipinski definition) is 2. The highest BCUT2D eigenvalue weighted by Crippen LogP contribution is 2.12. The van der Waals surface area contributed by atoms with E-state index < -0.39 is 17.1 Å². The molecule has 1 aromatic rings. The molecule has 70 valence electrons. The van der Waals surface area contributed by atoms with Crippen molar-refractivity contribution >= 4 is 29.3 Å². The molecule has 0 aliphatic heterocycles. The zero-order chi connectivity index (χ0) is 10.0. The minimum absolute atomic E-state index is 0.291. The number of thioether (sulfide) groups is 1. The summed E-state index contributed by atoms with van der Waals surface area (Å²) in [7, 11) is 0. The van der Waals surface area contributed by atoms with Gasteiger partial charge in [-0.25, -0.2) is 9.78 Å². The van der Waals surface area contributed by atoms with Crippen molar-refractivity contribution < 1.29 is 9.90 Å². The van der Waals surface area contributed by atoms with Crippen molar-refractivity contribution in [2.45, 2.75) is 5.16 Å². The summed E-state index contributed by atoms with van der Waals surface area (Å²) in [4.78, 5) is 27.5. The van der Waals surface area contributed by atoms with Gasteiger partial charge in [0.25, 0.3) is 5.56 Å². The van der Waals surface area contributed by atoms with E-state index in [1.165, 1.54) is 11.8 Å². The summed E-state index contributed by atoms with van der Waals surface area (Å²) in [5, 5.41) is 8.56. The standard InChI is InChI=1S/C6H5ClN2O3S/c1-13-6-8-3(7)2(5(11)12)4(10)9-6/h1H3,(H,11,12)(H,8,9,10). The fraction of sp³-hybridized carbons (Fsp3) is 0.167. The molecule has 0 fully saturated rings. The normalized spacial score (nSPS) is 10.0. The monoisotopic (exact) mass is 220 g/mol. The molecule has 0 aliphatic rings. The van der Waals surface area contributed by atoms with Gasteiger partial charge in [-0.3, -0.25) is 4.79 Å². The largest absolute Gasteiger partial charge is 0.477 e. The molecular weight excluding hydrogens is 216 g/mol. The number of rotatable bonds is 2. The summed E-state index contributed by atoms with van der Waals surface area (Å²) in [6.45, 7) is 0. The van der Waals surface area contributed by atoms with Crippen LogP contribution in [0, 0.1) is 0 Å². The van der Waals surface area contributed by atoms with Gasteiger partial charge in [0, 0.05) is 0 Å². The first kappa shape index (κ1) is 10.1. The third-order valence-corrected chi connectivity index (χ3v) is 2.11. The second-order valence-electron chi connectivity index (χ2n) is 2.05. The van der Waals surface area contributed by atoms with Crippen LogP contribution in [0.1, 0.15) is 10.4 Å². The lowest BCUT2D eigenvalue weighted by Gasteiger charge is -1.98. The molecule has 2 N–H and O–H groups in total. The third-order valence-electron chi connectivity index (χ3n) is 1.26. The summed E-state index contributed by atoms with van der Waals surface area (Å²) < 4.78 is 0. The van der Waals surface area contributed by atoms with Crippen LogP contribution in [0.25, 0.3) is 0 Å². The fourth-order valence-corrected chi connectivity index (χ4v) is 1.39. The molecule has 1 rings (SSSR count). The fourth-order valence-electron chi connectivity index (χ4n) is 0.708. The maximum Gasteiger partial charge on any atom is 0.344 e. The van der Waals surface area contributed by atoms with Crippen molar-refractivity contribution in [3.8, 4) is 0 Å². The van der Waals surface area contributed by atoms with E-state index >= 15 is 0 Å². The van der Waals surface area contributed by atoms with Crippen molar-refractivity contribution in [2.24, 2.45) is 0 Å². The van der Waals surface area contributed by atoms with Gasteiger partial charge >= 0.3 is 5.97 Å². The number of carboxylic acid groups (broad SMARTS) is 1. The Hall–Kier alpha value is -1.01. The Bertz CT molecular complexity index is 403. The van der Waals surface area contributed by atoms with Crippen molar-refractivity contribution in [1.82, 2.24) is 9.97 Å². The average molecular weight is 221 g/mol. The van der Waals surface area contributed by atoms with Crippen LogP contribution < -0.4 is 5.56 Å². The van der Waals surface area contributed by atoms with E-state index in [0.717, 1.165) is 0 Å². The highest BCUT2D eigenvalue weighted by atomic mass is 35.5. The number of nitrogens with one attached hydrogen (secondary N) is 1. The molecule has 1 heterocycles.